The maximum Gasteiger partial charge on any atom is 0.255 e. The molecule has 3 amide bonds. The number of amides is 3. The summed E-state index contributed by atoms with van der Waals surface area (Å²) in [6.45, 7) is 39.1. The number of imidazole rings is 3. The monoisotopic (exact) mass is 1830 g/mol. The first-order valence-corrected chi connectivity index (χ1v) is 47.9. The minimum Gasteiger partial charge on any atom is -0.492 e. The highest BCUT2D eigenvalue weighted by Gasteiger charge is 2.33. The van der Waals surface area contributed by atoms with Crippen molar-refractivity contribution in [1.29, 1.82) is 0 Å². The van der Waals surface area contributed by atoms with Crippen molar-refractivity contribution in [3.8, 4) is 79.9 Å². The van der Waals surface area contributed by atoms with E-state index in [1.54, 1.807) is 99.2 Å². The van der Waals surface area contributed by atoms with Gasteiger partial charge in [-0.3, -0.25) is 28.5 Å². The summed E-state index contributed by atoms with van der Waals surface area (Å²) in [6, 6.07) is 36.9. The van der Waals surface area contributed by atoms with Crippen LogP contribution in [0.5, 0.6) is 17.2 Å². The molecule has 7 aromatic carbocycles. The molecule has 6 aromatic heterocycles. The molecular weight excluding hydrogens is 1710 g/mol. The second-order valence-corrected chi connectivity index (χ2v) is 42.0. The summed E-state index contributed by atoms with van der Waals surface area (Å²) in [6.07, 6.45) is 16.4. The van der Waals surface area contributed by atoms with Crippen LogP contribution in [0, 0.1) is 27.7 Å². The molecule has 686 valence electrons. The van der Waals surface area contributed by atoms with Gasteiger partial charge in [0.1, 0.15) is 34.6 Å². The number of benzene rings is 7. The Bertz CT molecular complexity index is 6810. The van der Waals surface area contributed by atoms with E-state index in [2.05, 4.69) is 131 Å². The molecule has 14 rings (SSSR count). The molecule has 0 bridgehead atoms. The molecule has 36 heteroatoms. The van der Waals surface area contributed by atoms with Gasteiger partial charge in [0.25, 0.3) is 17.7 Å². The smallest absolute Gasteiger partial charge is 0.255 e. The van der Waals surface area contributed by atoms with E-state index >= 15 is 0 Å². The lowest BCUT2D eigenvalue weighted by atomic mass is 9.86. The number of aryl methyl sites for hydroxylation is 4. The second-order valence-electron chi connectivity index (χ2n) is 36.7. The number of ether oxygens (including phenoxy) is 3. The Kier molecular flexibility index (Phi) is 27.5. The molecule has 6 heterocycles. The van der Waals surface area contributed by atoms with Gasteiger partial charge in [0, 0.05) is 46.3 Å². The molecule has 0 saturated heterocycles. The number of hydrogen-bond acceptors (Lipinski definition) is 21. The first-order valence-electron chi connectivity index (χ1n) is 42.2. The molecular formula is C94H115N21O12S3. The molecule has 1 saturated carbocycles. The standard InChI is InChI=1S/C33H37N7O4S.C31H39N7O4S.C30H39N7O4S/c1-8-39-29(19-34-31(39)22-12-10-9-11-13-22)27-20-40(38-36-27)28-16-23(15-14-21(28)2)32(41)35-25-17-24(33(3,4)5)18-26(30(25)44-6)37-45(7,42)43;1-18(2)29-32-16-27(38(29)22-11-12-22)25-17-37(36-34-25)26-13-20(10-9-19(26)3)30(39)33-23-14-21(31(4,5)6)15-24(28(23)42-7)35-43(8,40)41;1-18-11-12-20(13-25(18)36-17-24(33-35-36)26-16-31-19(2)37(26)30(6,7)8)28(38)32-22-14-21(29(3,4)5)15-23(27(22)41-9)34-42(10,39)40/h9-20,37H,8H2,1-7H3,(H,35,41);9-10,13-18,22,35H,11-12H2,1-8H3,(H,33,39);11-17,34H,1-10H3,(H,32,38). The molecule has 0 atom stereocenters. The van der Waals surface area contributed by atoms with Crippen LogP contribution < -0.4 is 44.3 Å². The van der Waals surface area contributed by atoms with Crippen LogP contribution in [-0.2, 0) is 58.4 Å². The maximum atomic E-state index is 13.6. The highest BCUT2D eigenvalue weighted by molar-refractivity contribution is 7.92. The van der Waals surface area contributed by atoms with Gasteiger partial charge in [0.05, 0.1) is 146 Å². The Morgan fingerprint density at radius 1 is 0.446 bits per heavy atom. The third-order valence-electron chi connectivity index (χ3n) is 21.6. The molecule has 1 aliphatic rings. The fourth-order valence-electron chi connectivity index (χ4n) is 14.9. The van der Waals surface area contributed by atoms with Crippen molar-refractivity contribution in [1.82, 2.24) is 73.6 Å². The van der Waals surface area contributed by atoms with E-state index in [-0.39, 0.29) is 62.0 Å². The fraction of sp³-hybridized carbons (Fsp3) is 0.362. The number of carbonyl (C=O) groups excluding carboxylic acids is 3. The molecule has 130 heavy (non-hydrogen) atoms. The van der Waals surface area contributed by atoms with Gasteiger partial charge in [-0.25, -0.2) is 54.3 Å². The van der Waals surface area contributed by atoms with Crippen molar-refractivity contribution in [2.24, 2.45) is 0 Å². The zero-order valence-electron chi connectivity index (χ0n) is 78.1. The number of anilines is 6. The quantitative estimate of drug-likeness (QED) is 0.0309. The maximum absolute atomic E-state index is 13.6. The molecule has 0 aliphatic heterocycles. The average molecular weight is 1830 g/mol. The summed E-state index contributed by atoms with van der Waals surface area (Å²) < 4.78 is 108. The first kappa shape index (κ1) is 95.7. The van der Waals surface area contributed by atoms with E-state index in [4.69, 9.17) is 14.2 Å². The van der Waals surface area contributed by atoms with Gasteiger partial charge in [-0.1, -0.05) is 140 Å². The van der Waals surface area contributed by atoms with E-state index < -0.39 is 41.9 Å². The van der Waals surface area contributed by atoms with Crippen molar-refractivity contribution in [2.45, 2.75) is 185 Å². The van der Waals surface area contributed by atoms with Crippen molar-refractivity contribution < 1.29 is 53.8 Å². The first-order chi connectivity index (χ1) is 60.8. The molecule has 6 N–H and O–H groups in total. The normalized spacial score (nSPS) is 12.6. The Hall–Kier alpha value is -13.4. The molecule has 0 radical (unpaired) electrons. The van der Waals surface area contributed by atoms with Gasteiger partial charge in [0.2, 0.25) is 30.1 Å². The summed E-state index contributed by atoms with van der Waals surface area (Å²) in [5, 5.41) is 35.2. The molecule has 33 nitrogen and oxygen atoms in total. The van der Waals surface area contributed by atoms with Gasteiger partial charge >= 0.3 is 0 Å². The molecule has 13 aromatic rings. The number of hydrogen-bond donors (Lipinski definition) is 6. The van der Waals surface area contributed by atoms with Gasteiger partial charge in [-0.15, -0.1) is 15.3 Å². The van der Waals surface area contributed by atoms with Gasteiger partial charge in [-0.05, 0) is 191 Å². The fourth-order valence-corrected chi connectivity index (χ4v) is 16.6. The van der Waals surface area contributed by atoms with Crippen LogP contribution in [-0.4, -0.2) is 157 Å². The number of sulfonamides is 3. The predicted octanol–water partition coefficient (Wildman–Crippen LogP) is 17.3. The van der Waals surface area contributed by atoms with Crippen molar-refractivity contribution in [3.63, 3.8) is 0 Å². The Morgan fingerprint density at radius 2 is 0.785 bits per heavy atom. The molecule has 0 spiro atoms. The summed E-state index contributed by atoms with van der Waals surface area (Å²) in [5.41, 5.74) is 14.6. The molecule has 1 aliphatic carbocycles. The highest BCUT2D eigenvalue weighted by Crippen LogP contribution is 2.45. The summed E-state index contributed by atoms with van der Waals surface area (Å²) >= 11 is 0. The van der Waals surface area contributed by atoms with Crippen LogP contribution in [0.3, 0.4) is 0 Å². The lowest BCUT2D eigenvalue weighted by Crippen LogP contribution is -2.24. The minimum atomic E-state index is -3.61. The Morgan fingerprint density at radius 3 is 1.11 bits per heavy atom. The van der Waals surface area contributed by atoms with Crippen LogP contribution in [0.4, 0.5) is 34.1 Å². The number of aromatic nitrogens is 15. The average Bonchev–Trinajstić information content (AvgIpc) is 1.63. The third-order valence-corrected chi connectivity index (χ3v) is 23.4. The van der Waals surface area contributed by atoms with Crippen LogP contribution >= 0.6 is 0 Å². The number of nitrogens with one attached hydrogen (secondary N) is 6. The van der Waals surface area contributed by atoms with Gasteiger partial charge in [-0.2, -0.15) is 0 Å². The van der Waals surface area contributed by atoms with E-state index in [1.165, 1.54) is 21.3 Å². The number of nitrogens with zero attached hydrogens (tertiary/aromatic N) is 15. The zero-order valence-corrected chi connectivity index (χ0v) is 80.6. The summed E-state index contributed by atoms with van der Waals surface area (Å²) in [4.78, 5) is 54.6. The largest absolute Gasteiger partial charge is 0.492 e. The van der Waals surface area contributed by atoms with E-state index in [9.17, 15) is 39.6 Å². The lowest BCUT2D eigenvalue weighted by Gasteiger charge is -2.24. The molecule has 1 fully saturated rings. The van der Waals surface area contributed by atoms with Crippen molar-refractivity contribution in [3.05, 3.63) is 220 Å². The third kappa shape index (κ3) is 22.3. The SMILES string of the molecule is CCn1c(-c2cn(-c3cc(C(=O)Nc4cc(C(C)(C)C)cc(NS(C)(=O)=O)c4OC)ccc3C)nn2)cnc1-c1ccccc1.COc1c(NC(=O)c2ccc(C)c(-n3cc(-c4cnc(C(C)C)n4C4CC4)nn3)c2)cc(C(C)(C)C)cc1NS(C)(=O)=O.COc1c(NC(=O)c2ccc(C)c(-n3cc(-c4cnc(C)n4C(C)(C)C)nn3)c2)cc(C(C)(C)C)cc1NS(C)(=O)=O. The number of methoxy groups -OCH3 is 3. The van der Waals surface area contributed by atoms with E-state index in [0.717, 1.165) is 111 Å². The van der Waals surface area contributed by atoms with Crippen molar-refractivity contribution in [2.75, 3.05) is 70.2 Å². The van der Waals surface area contributed by atoms with Crippen LogP contribution in [0.25, 0.3) is 62.6 Å². The van der Waals surface area contributed by atoms with E-state index in [1.807, 2.05) is 163 Å². The summed E-state index contributed by atoms with van der Waals surface area (Å²) in [5.74, 6) is 2.51. The van der Waals surface area contributed by atoms with E-state index in [0.29, 0.717) is 80.7 Å². The Labute approximate surface area is 759 Å². The highest BCUT2D eigenvalue weighted by atomic mass is 32.2. The predicted molar refractivity (Wildman–Crippen MR) is 509 cm³/mol. The number of carbonyl (C=O) groups is 3. The summed E-state index contributed by atoms with van der Waals surface area (Å²) in [7, 11) is -6.53. The number of rotatable bonds is 25. The van der Waals surface area contributed by atoms with Gasteiger partial charge < -0.3 is 43.9 Å². The van der Waals surface area contributed by atoms with Crippen LogP contribution in [0.2, 0.25) is 0 Å². The topological polar surface area (TPSA) is 399 Å². The van der Waals surface area contributed by atoms with Crippen LogP contribution in [0.15, 0.2) is 159 Å². The zero-order chi connectivity index (χ0) is 95.0. The Balaban J connectivity index is 0.000000177. The van der Waals surface area contributed by atoms with Gasteiger partial charge in [0.15, 0.2) is 17.2 Å². The van der Waals surface area contributed by atoms with Crippen molar-refractivity contribution >= 4 is 81.9 Å². The van der Waals surface area contributed by atoms with Crippen LogP contribution in [0.1, 0.15) is 205 Å². The lowest BCUT2D eigenvalue weighted by molar-refractivity contribution is 0.101. The minimum absolute atomic E-state index is 0.199. The second kappa shape index (κ2) is 37.4. The molecule has 0 unspecified atom stereocenters.